The highest BCUT2D eigenvalue weighted by atomic mass is 33.1. The summed E-state index contributed by atoms with van der Waals surface area (Å²) in [5.74, 6) is 0. The molecule has 2 aromatic rings. The summed E-state index contributed by atoms with van der Waals surface area (Å²) in [7, 11) is -3.35. The zero-order chi connectivity index (χ0) is 9.97. The van der Waals surface area contributed by atoms with Crippen LogP contribution in [0.4, 0.5) is 0 Å². The summed E-state index contributed by atoms with van der Waals surface area (Å²) in [5.41, 5.74) is 0. The van der Waals surface area contributed by atoms with Gasteiger partial charge in [-0.3, -0.25) is 0 Å². The third-order valence-electron chi connectivity index (χ3n) is 1.43. The molecule has 0 spiro atoms. The average Bonchev–Trinajstić information content (AvgIpc) is 2.87. The molecule has 0 saturated heterocycles. The first-order valence-electron chi connectivity index (χ1n) is 3.60. The highest BCUT2D eigenvalue weighted by Crippen LogP contribution is 2.00. The summed E-state index contributed by atoms with van der Waals surface area (Å²) in [6, 6.07) is 0. The van der Waals surface area contributed by atoms with Crippen molar-refractivity contribution in [3.05, 3.63) is 37.4 Å². The van der Waals surface area contributed by atoms with Gasteiger partial charge in [0.2, 0.25) is 20.0 Å². The largest absolute Gasteiger partial charge is 0.244 e. The summed E-state index contributed by atoms with van der Waals surface area (Å²) >= 11 is 0. The van der Waals surface area contributed by atoms with E-state index in [0.29, 0.717) is 0 Å². The van der Waals surface area contributed by atoms with Crippen molar-refractivity contribution in [3.8, 4) is 0 Å². The molecule has 0 amide bonds. The van der Waals surface area contributed by atoms with Crippen LogP contribution in [0.25, 0.3) is 0 Å². The summed E-state index contributed by atoms with van der Waals surface area (Å²) in [6.45, 7) is 0. The van der Waals surface area contributed by atoms with Gasteiger partial charge in [-0.25, -0.2) is 26.3 Å². The van der Waals surface area contributed by atoms with Gasteiger partial charge in [-0.05, 0) is 0 Å². The van der Waals surface area contributed by atoms with Crippen molar-refractivity contribution in [3.63, 3.8) is 0 Å². The van der Waals surface area contributed by atoms with Crippen LogP contribution in [-0.2, 0) is 20.0 Å². The maximum absolute atomic E-state index is 11.6. The highest BCUT2D eigenvalue weighted by molar-refractivity contribution is 8.59. The fourth-order valence-corrected chi connectivity index (χ4v) is 3.09. The van der Waals surface area contributed by atoms with E-state index >= 15 is 0 Å². The number of imidazole rings is 2. The number of aromatic nitrogens is 4. The minimum Gasteiger partial charge on any atom is -0.244 e. The first kappa shape index (κ1) is 9.28. The zero-order valence-electron chi connectivity index (χ0n) is 6.89. The fraction of sp³-hybridized carbons (Fsp3) is 0. The molecule has 2 rings (SSSR count). The molecule has 14 heavy (non-hydrogen) atoms. The molecule has 2 aromatic heterocycles. The van der Waals surface area contributed by atoms with Crippen LogP contribution in [0, 0.1) is 0 Å². The Morgan fingerprint density at radius 1 is 0.857 bits per heavy atom. The topological polar surface area (TPSA) is 69.8 Å². The molecule has 0 aliphatic rings. The Labute approximate surface area is 84.2 Å². The summed E-state index contributed by atoms with van der Waals surface area (Å²) in [6.07, 6.45) is 8.64. The molecule has 2 atom stereocenters. The van der Waals surface area contributed by atoms with Gasteiger partial charge in [0.05, 0.1) is 0 Å². The number of rotatable bonds is 3. The van der Waals surface area contributed by atoms with E-state index < -0.39 is 20.0 Å². The van der Waals surface area contributed by atoms with E-state index in [1.165, 1.54) is 45.4 Å². The zero-order valence-corrected chi connectivity index (χ0v) is 8.52. The molecule has 0 saturated carbocycles. The third-order valence-corrected chi connectivity index (χ3v) is 4.56. The monoisotopic (exact) mass is 230 g/mol. The first-order chi connectivity index (χ1) is 6.79. The highest BCUT2D eigenvalue weighted by Gasteiger charge is 2.12. The van der Waals surface area contributed by atoms with Crippen molar-refractivity contribution in [2.24, 2.45) is 0 Å². The second kappa shape index (κ2) is 3.84. The van der Waals surface area contributed by atoms with Crippen molar-refractivity contribution in [2.75, 3.05) is 0 Å². The van der Waals surface area contributed by atoms with Crippen LogP contribution in [0.2, 0.25) is 0 Å². The molecule has 0 aliphatic heterocycles. The molecule has 2 unspecified atom stereocenters. The van der Waals surface area contributed by atoms with E-state index in [0.717, 1.165) is 0 Å². The molecule has 6 nitrogen and oxygen atoms in total. The lowest BCUT2D eigenvalue weighted by atomic mass is 11.0. The summed E-state index contributed by atoms with van der Waals surface area (Å²) in [5, 5.41) is 0. The van der Waals surface area contributed by atoms with Crippen LogP contribution < -0.4 is 0 Å². The average molecular weight is 230 g/mol. The first-order valence-corrected chi connectivity index (χ1v) is 6.33. The predicted molar refractivity (Wildman–Crippen MR) is 51.5 cm³/mol. The van der Waals surface area contributed by atoms with E-state index in [1.54, 1.807) is 0 Å². The minimum absolute atomic E-state index is 1.27. The van der Waals surface area contributed by atoms with Crippen LogP contribution in [0.3, 0.4) is 0 Å². The van der Waals surface area contributed by atoms with Crippen LogP contribution in [0.1, 0.15) is 0 Å². The Hall–Kier alpha value is -1.28. The summed E-state index contributed by atoms with van der Waals surface area (Å²) in [4.78, 5) is 7.44. The normalized spacial score (nSPS) is 15.1. The third kappa shape index (κ3) is 1.66. The van der Waals surface area contributed by atoms with E-state index in [9.17, 15) is 8.42 Å². The van der Waals surface area contributed by atoms with E-state index in [4.69, 9.17) is 0 Å². The molecular formula is C6H6N4O2S2. The van der Waals surface area contributed by atoms with Crippen molar-refractivity contribution < 1.29 is 8.42 Å². The van der Waals surface area contributed by atoms with Crippen molar-refractivity contribution >= 4 is 20.0 Å². The van der Waals surface area contributed by atoms with Gasteiger partial charge in [-0.15, -0.1) is 0 Å². The molecule has 0 bridgehead atoms. The standard InChI is InChI=1S/C6H6N4O2S2/c11-13(9-3-1-7-5-9)14(12)10-4-2-8-6-10/h1-6H. The molecule has 74 valence electrons. The van der Waals surface area contributed by atoms with Gasteiger partial charge in [0.15, 0.2) is 0 Å². The van der Waals surface area contributed by atoms with Gasteiger partial charge in [0.1, 0.15) is 12.7 Å². The smallest absolute Gasteiger partial charge is 0.238 e. The quantitative estimate of drug-likeness (QED) is 0.680. The molecule has 0 radical (unpaired) electrons. The van der Waals surface area contributed by atoms with Crippen LogP contribution in [0.5, 0.6) is 0 Å². The van der Waals surface area contributed by atoms with E-state index in [2.05, 4.69) is 9.97 Å². The lowest BCUT2D eigenvalue weighted by Crippen LogP contribution is -2.14. The molecule has 2 heterocycles. The molecule has 0 N–H and O–H groups in total. The number of nitrogens with zero attached hydrogens (tertiary/aromatic N) is 4. The van der Waals surface area contributed by atoms with Crippen LogP contribution >= 0.6 is 0 Å². The Morgan fingerprint density at radius 2 is 1.29 bits per heavy atom. The molecule has 8 heteroatoms. The number of hydrogen-bond donors (Lipinski definition) is 0. The lowest BCUT2D eigenvalue weighted by Gasteiger charge is -2.01. The van der Waals surface area contributed by atoms with E-state index in [1.807, 2.05) is 0 Å². The van der Waals surface area contributed by atoms with Gasteiger partial charge in [-0.1, -0.05) is 0 Å². The van der Waals surface area contributed by atoms with Gasteiger partial charge in [0.25, 0.3) is 0 Å². The Bertz CT molecular complexity index is 406. The second-order valence-corrected chi connectivity index (χ2v) is 5.70. The molecule has 0 aliphatic carbocycles. The van der Waals surface area contributed by atoms with Crippen molar-refractivity contribution in [1.82, 2.24) is 17.9 Å². The maximum atomic E-state index is 11.6. The Balaban J connectivity index is 2.26. The van der Waals surface area contributed by atoms with Gasteiger partial charge in [-0.2, -0.15) is 0 Å². The predicted octanol–water partition coefficient (Wildman–Crippen LogP) is -0.282. The van der Waals surface area contributed by atoms with Crippen LogP contribution in [0.15, 0.2) is 37.4 Å². The minimum atomic E-state index is -1.68. The van der Waals surface area contributed by atoms with Gasteiger partial charge >= 0.3 is 0 Å². The number of hydrogen-bond acceptors (Lipinski definition) is 4. The van der Waals surface area contributed by atoms with Crippen LogP contribution in [-0.4, -0.2) is 26.3 Å². The SMILES string of the molecule is O=S(n1ccnc1)S(=O)n1ccnc1. The molecule has 0 fully saturated rings. The lowest BCUT2D eigenvalue weighted by molar-refractivity contribution is 0.670. The Kier molecular flexibility index (Phi) is 2.55. The van der Waals surface area contributed by atoms with Crippen molar-refractivity contribution in [1.29, 1.82) is 0 Å². The summed E-state index contributed by atoms with van der Waals surface area (Å²) < 4.78 is 25.7. The van der Waals surface area contributed by atoms with Gasteiger partial charge < -0.3 is 0 Å². The van der Waals surface area contributed by atoms with Crippen molar-refractivity contribution in [2.45, 2.75) is 0 Å². The molecular weight excluding hydrogens is 224 g/mol. The second-order valence-electron chi connectivity index (χ2n) is 2.28. The maximum Gasteiger partial charge on any atom is 0.238 e. The fourth-order valence-electron chi connectivity index (χ4n) is 0.817. The van der Waals surface area contributed by atoms with E-state index in [-0.39, 0.29) is 0 Å². The Morgan fingerprint density at radius 3 is 1.57 bits per heavy atom. The molecule has 0 aromatic carbocycles. The van der Waals surface area contributed by atoms with Gasteiger partial charge in [0, 0.05) is 24.8 Å².